The van der Waals surface area contributed by atoms with Gasteiger partial charge >= 0.3 is 5.97 Å². The quantitative estimate of drug-likeness (QED) is 0.759. The van der Waals surface area contributed by atoms with Gasteiger partial charge in [0.25, 0.3) is 0 Å². The molecule has 5 nitrogen and oxygen atoms in total. The zero-order valence-electron chi connectivity index (χ0n) is 12.6. The van der Waals surface area contributed by atoms with Crippen molar-refractivity contribution in [3.8, 4) is 5.75 Å². The highest BCUT2D eigenvalue weighted by Gasteiger charge is 2.16. The molecule has 1 N–H and O–H groups in total. The summed E-state index contributed by atoms with van der Waals surface area (Å²) in [5, 5.41) is 8.74. The highest BCUT2D eigenvalue weighted by molar-refractivity contribution is 5.77. The summed E-state index contributed by atoms with van der Waals surface area (Å²) in [6.45, 7) is 5.11. The van der Waals surface area contributed by atoms with Crippen LogP contribution in [0.3, 0.4) is 0 Å². The van der Waals surface area contributed by atoms with E-state index in [4.69, 9.17) is 9.84 Å². The van der Waals surface area contributed by atoms with Crippen LogP contribution in [-0.4, -0.2) is 41.6 Å². The van der Waals surface area contributed by atoms with Crippen LogP contribution >= 0.6 is 0 Å². The van der Waals surface area contributed by atoms with Crippen LogP contribution in [0, 0.1) is 5.92 Å². The van der Waals surface area contributed by atoms with Crippen molar-refractivity contribution in [2.75, 3.05) is 19.7 Å². The standard InChI is InChI=1S/C16H23NO4/c1-13(2)12-17(10-8-16(19)20)15(18)9-11-21-14-6-4-3-5-7-14/h3-7,13H,8-12H2,1-2H3,(H,19,20). The van der Waals surface area contributed by atoms with Crippen LogP contribution in [0.4, 0.5) is 0 Å². The van der Waals surface area contributed by atoms with E-state index in [0.29, 0.717) is 19.1 Å². The van der Waals surface area contributed by atoms with Crippen molar-refractivity contribution in [3.05, 3.63) is 30.3 Å². The van der Waals surface area contributed by atoms with E-state index in [-0.39, 0.29) is 25.3 Å². The fraction of sp³-hybridized carbons (Fsp3) is 0.500. The molecule has 0 radical (unpaired) electrons. The molecule has 1 amide bonds. The van der Waals surface area contributed by atoms with Crippen LogP contribution in [0.5, 0.6) is 5.75 Å². The first-order valence-electron chi connectivity index (χ1n) is 7.16. The maximum absolute atomic E-state index is 12.1. The molecule has 1 aromatic rings. The molecule has 0 aliphatic rings. The van der Waals surface area contributed by atoms with E-state index in [9.17, 15) is 9.59 Å². The third-order valence-corrected chi connectivity index (χ3v) is 2.86. The molecule has 0 heterocycles. The SMILES string of the molecule is CC(C)CN(CCC(=O)O)C(=O)CCOc1ccccc1. The molecule has 0 atom stereocenters. The van der Waals surface area contributed by atoms with Gasteiger partial charge < -0.3 is 14.7 Å². The number of para-hydroxylation sites is 1. The fourth-order valence-electron chi connectivity index (χ4n) is 1.92. The van der Waals surface area contributed by atoms with Crippen LogP contribution in [0.1, 0.15) is 26.7 Å². The molecule has 0 saturated carbocycles. The minimum atomic E-state index is -0.892. The Morgan fingerprint density at radius 2 is 1.86 bits per heavy atom. The summed E-state index contributed by atoms with van der Waals surface area (Å²) in [7, 11) is 0. The molecule has 0 spiro atoms. The normalized spacial score (nSPS) is 10.4. The van der Waals surface area contributed by atoms with Gasteiger partial charge in [0.1, 0.15) is 5.75 Å². The largest absolute Gasteiger partial charge is 0.493 e. The number of rotatable bonds is 9. The number of carbonyl (C=O) groups excluding carboxylic acids is 1. The summed E-state index contributed by atoms with van der Waals surface area (Å²) in [5.74, 6) is 0.0713. The van der Waals surface area contributed by atoms with E-state index in [1.807, 2.05) is 44.2 Å². The summed E-state index contributed by atoms with van der Waals surface area (Å²) in [6, 6.07) is 9.31. The van der Waals surface area contributed by atoms with Crippen molar-refractivity contribution in [2.24, 2.45) is 5.92 Å². The fourth-order valence-corrected chi connectivity index (χ4v) is 1.92. The van der Waals surface area contributed by atoms with Gasteiger partial charge in [-0.25, -0.2) is 0 Å². The molecule has 0 bridgehead atoms. The van der Waals surface area contributed by atoms with Crippen molar-refractivity contribution >= 4 is 11.9 Å². The summed E-state index contributed by atoms with van der Waals surface area (Å²) < 4.78 is 5.49. The van der Waals surface area contributed by atoms with Crippen LogP contribution in [0.25, 0.3) is 0 Å². The Morgan fingerprint density at radius 1 is 1.19 bits per heavy atom. The van der Waals surface area contributed by atoms with E-state index in [0.717, 1.165) is 5.75 Å². The number of carbonyl (C=O) groups is 2. The number of carboxylic acid groups (broad SMARTS) is 1. The molecule has 0 fully saturated rings. The number of hydrogen-bond acceptors (Lipinski definition) is 3. The number of aliphatic carboxylic acids is 1. The van der Waals surface area contributed by atoms with Crippen molar-refractivity contribution < 1.29 is 19.4 Å². The van der Waals surface area contributed by atoms with Crippen LogP contribution in [-0.2, 0) is 9.59 Å². The summed E-state index contributed by atoms with van der Waals surface area (Å²) >= 11 is 0. The predicted molar refractivity (Wildman–Crippen MR) is 80.2 cm³/mol. The molecule has 0 aliphatic heterocycles. The molecule has 5 heteroatoms. The summed E-state index contributed by atoms with van der Waals surface area (Å²) in [4.78, 5) is 24.4. The lowest BCUT2D eigenvalue weighted by Gasteiger charge is -2.24. The summed E-state index contributed by atoms with van der Waals surface area (Å²) in [5.41, 5.74) is 0. The first-order chi connectivity index (χ1) is 9.99. The molecule has 0 aromatic heterocycles. The number of amides is 1. The molecule has 0 unspecified atom stereocenters. The first kappa shape index (κ1) is 17.0. The minimum absolute atomic E-state index is 0.0298. The molecular weight excluding hydrogens is 270 g/mol. The van der Waals surface area contributed by atoms with Crippen LogP contribution in [0.2, 0.25) is 0 Å². The second-order valence-corrected chi connectivity index (χ2v) is 5.29. The minimum Gasteiger partial charge on any atom is -0.493 e. The molecule has 21 heavy (non-hydrogen) atoms. The zero-order chi connectivity index (χ0) is 15.7. The van der Waals surface area contributed by atoms with E-state index in [1.54, 1.807) is 4.90 Å². The third kappa shape index (κ3) is 7.34. The molecule has 0 aliphatic carbocycles. The number of carboxylic acids is 1. The predicted octanol–water partition coefficient (Wildman–Crippen LogP) is 2.41. The molecule has 1 rings (SSSR count). The maximum atomic E-state index is 12.1. The average Bonchev–Trinajstić information content (AvgIpc) is 2.44. The number of nitrogens with zero attached hydrogens (tertiary/aromatic N) is 1. The molecule has 116 valence electrons. The lowest BCUT2D eigenvalue weighted by atomic mass is 10.2. The maximum Gasteiger partial charge on any atom is 0.305 e. The van der Waals surface area contributed by atoms with Gasteiger partial charge in [0.05, 0.1) is 19.4 Å². The van der Waals surface area contributed by atoms with Gasteiger partial charge in [0.15, 0.2) is 0 Å². The van der Waals surface area contributed by atoms with Gasteiger partial charge in [-0.2, -0.15) is 0 Å². The Balaban J connectivity index is 2.42. The topological polar surface area (TPSA) is 66.8 Å². The van der Waals surface area contributed by atoms with E-state index >= 15 is 0 Å². The Hall–Kier alpha value is -2.04. The van der Waals surface area contributed by atoms with E-state index in [1.165, 1.54) is 0 Å². The highest BCUT2D eigenvalue weighted by atomic mass is 16.5. The Bertz CT molecular complexity index is 445. The number of ether oxygens (including phenoxy) is 1. The zero-order valence-corrected chi connectivity index (χ0v) is 12.6. The number of benzene rings is 1. The second-order valence-electron chi connectivity index (χ2n) is 5.29. The third-order valence-electron chi connectivity index (χ3n) is 2.86. The van der Waals surface area contributed by atoms with Crippen LogP contribution in [0.15, 0.2) is 30.3 Å². The highest BCUT2D eigenvalue weighted by Crippen LogP contribution is 2.09. The van der Waals surface area contributed by atoms with Crippen molar-refractivity contribution in [1.82, 2.24) is 4.90 Å². The van der Waals surface area contributed by atoms with Gasteiger partial charge in [0.2, 0.25) is 5.91 Å². The lowest BCUT2D eigenvalue weighted by Crippen LogP contribution is -2.36. The van der Waals surface area contributed by atoms with Gasteiger partial charge in [-0.3, -0.25) is 9.59 Å². The monoisotopic (exact) mass is 293 g/mol. The van der Waals surface area contributed by atoms with Crippen LogP contribution < -0.4 is 4.74 Å². The smallest absolute Gasteiger partial charge is 0.305 e. The Morgan fingerprint density at radius 3 is 2.43 bits per heavy atom. The van der Waals surface area contributed by atoms with Gasteiger partial charge in [-0.15, -0.1) is 0 Å². The molecule has 0 saturated heterocycles. The van der Waals surface area contributed by atoms with Crippen molar-refractivity contribution in [3.63, 3.8) is 0 Å². The molecular formula is C16H23NO4. The molecule has 1 aromatic carbocycles. The van der Waals surface area contributed by atoms with Gasteiger partial charge in [-0.05, 0) is 18.1 Å². The Labute approximate surface area is 125 Å². The van der Waals surface area contributed by atoms with Gasteiger partial charge in [0, 0.05) is 13.1 Å². The van der Waals surface area contributed by atoms with E-state index < -0.39 is 5.97 Å². The first-order valence-corrected chi connectivity index (χ1v) is 7.16. The average molecular weight is 293 g/mol. The lowest BCUT2D eigenvalue weighted by molar-refractivity contribution is -0.138. The second kappa shape index (κ2) is 9.00. The van der Waals surface area contributed by atoms with Crippen molar-refractivity contribution in [1.29, 1.82) is 0 Å². The van der Waals surface area contributed by atoms with Gasteiger partial charge in [-0.1, -0.05) is 32.0 Å². The number of hydrogen-bond donors (Lipinski definition) is 1. The van der Waals surface area contributed by atoms with E-state index in [2.05, 4.69) is 0 Å². The summed E-state index contributed by atoms with van der Waals surface area (Å²) in [6.07, 6.45) is 0.221. The Kier molecular flexibility index (Phi) is 7.29. The van der Waals surface area contributed by atoms with Crippen molar-refractivity contribution in [2.45, 2.75) is 26.7 Å².